The topological polar surface area (TPSA) is 136 Å². The molecular formula is C15H18N2O6S. The van der Waals surface area contributed by atoms with Crippen molar-refractivity contribution in [2.75, 3.05) is 19.0 Å². The first-order valence-electron chi connectivity index (χ1n) is 6.74. The van der Waals surface area contributed by atoms with Gasteiger partial charge in [-0.2, -0.15) is 0 Å². The van der Waals surface area contributed by atoms with Crippen molar-refractivity contribution in [2.45, 2.75) is 23.1 Å². The molecule has 1 aromatic carbocycles. The van der Waals surface area contributed by atoms with E-state index in [1.165, 1.54) is 38.3 Å². The third-order valence-electron chi connectivity index (χ3n) is 3.02. The van der Waals surface area contributed by atoms with Gasteiger partial charge in [-0.25, -0.2) is 13.2 Å². The van der Waals surface area contributed by atoms with E-state index in [0.29, 0.717) is 5.69 Å². The number of benzene rings is 1. The van der Waals surface area contributed by atoms with E-state index >= 15 is 0 Å². The summed E-state index contributed by atoms with van der Waals surface area (Å²) in [5.41, 5.74) is 6.03. The Morgan fingerprint density at radius 3 is 2.33 bits per heavy atom. The van der Waals surface area contributed by atoms with Crippen LogP contribution in [0, 0.1) is 11.8 Å². The van der Waals surface area contributed by atoms with Crippen molar-refractivity contribution in [3.63, 3.8) is 0 Å². The number of carboxylic acid groups (broad SMARTS) is 1. The highest BCUT2D eigenvalue weighted by molar-refractivity contribution is 7.93. The first-order valence-corrected chi connectivity index (χ1v) is 8.22. The van der Waals surface area contributed by atoms with Crippen molar-refractivity contribution in [1.82, 2.24) is 0 Å². The van der Waals surface area contributed by atoms with Crippen LogP contribution in [0.4, 0.5) is 5.69 Å². The molecule has 0 fully saturated rings. The molecule has 8 nitrogen and oxygen atoms in total. The second-order valence-electron chi connectivity index (χ2n) is 4.87. The number of sulfone groups is 1. The summed E-state index contributed by atoms with van der Waals surface area (Å²) < 4.78 is 29.9. The van der Waals surface area contributed by atoms with Gasteiger partial charge in [-0.05, 0) is 24.3 Å². The van der Waals surface area contributed by atoms with E-state index in [9.17, 15) is 23.1 Å². The zero-order valence-electron chi connectivity index (χ0n) is 13.2. The third-order valence-corrected chi connectivity index (χ3v) is 5.19. The van der Waals surface area contributed by atoms with Crippen LogP contribution in [0.1, 0.15) is 13.3 Å². The first-order chi connectivity index (χ1) is 11.1. The Morgan fingerprint density at radius 2 is 1.88 bits per heavy atom. The zero-order chi connectivity index (χ0) is 18.4. The summed E-state index contributed by atoms with van der Waals surface area (Å²) in [6.45, 7) is 1.33. The number of aliphatic carboxylic acids is 1. The first kappa shape index (κ1) is 19.6. The second-order valence-corrected chi connectivity index (χ2v) is 7.07. The summed E-state index contributed by atoms with van der Waals surface area (Å²) >= 11 is 0. The summed E-state index contributed by atoms with van der Waals surface area (Å²) in [5.74, 6) is 2.85. The van der Waals surface area contributed by atoms with Crippen molar-refractivity contribution in [3.05, 3.63) is 24.3 Å². The van der Waals surface area contributed by atoms with Crippen LogP contribution in [-0.2, 0) is 24.2 Å². The fourth-order valence-corrected chi connectivity index (χ4v) is 3.14. The number of hydrogen-bond acceptors (Lipinski definition) is 6. The molecule has 0 saturated heterocycles. The van der Waals surface area contributed by atoms with Gasteiger partial charge in [-0.3, -0.25) is 4.79 Å². The van der Waals surface area contributed by atoms with Crippen molar-refractivity contribution in [2.24, 2.45) is 5.73 Å². The standard InChI is InChI=1S/C15H18N2O6S/c1-11(18)17-12-5-7-13(8-6-12)24(21,22)15(16,14(19)20)9-3-4-10-23-2/h5-8H,9-10,16H2,1-2H3,(H,17,18)(H,19,20). The number of carboxylic acids is 1. The molecule has 0 spiro atoms. The van der Waals surface area contributed by atoms with E-state index in [1.807, 2.05) is 0 Å². The van der Waals surface area contributed by atoms with Crippen LogP contribution in [0.5, 0.6) is 0 Å². The van der Waals surface area contributed by atoms with Crippen LogP contribution >= 0.6 is 0 Å². The molecule has 4 N–H and O–H groups in total. The molecule has 0 aromatic heterocycles. The molecule has 0 aliphatic rings. The number of nitrogens with two attached hydrogens (primary N) is 1. The zero-order valence-corrected chi connectivity index (χ0v) is 14.0. The van der Waals surface area contributed by atoms with Gasteiger partial charge >= 0.3 is 5.97 Å². The summed E-state index contributed by atoms with van der Waals surface area (Å²) in [7, 11) is -3.01. The average Bonchev–Trinajstić information content (AvgIpc) is 2.51. The molecule has 1 rings (SSSR count). The molecule has 0 saturated carbocycles. The summed E-state index contributed by atoms with van der Waals surface area (Å²) in [6, 6.07) is 5.03. The Balaban J connectivity index is 3.20. The summed E-state index contributed by atoms with van der Waals surface area (Å²) in [4.78, 5) is 19.5. The smallest absolute Gasteiger partial charge is 0.340 e. The van der Waals surface area contributed by atoms with Crippen molar-refractivity contribution < 1.29 is 27.9 Å². The van der Waals surface area contributed by atoms with Gasteiger partial charge in [0, 0.05) is 19.7 Å². The number of carbonyl (C=O) groups excluding carboxylic acids is 1. The lowest BCUT2D eigenvalue weighted by molar-refractivity contribution is -0.139. The molecule has 1 amide bonds. The monoisotopic (exact) mass is 354 g/mol. The van der Waals surface area contributed by atoms with Gasteiger partial charge in [0.2, 0.25) is 20.6 Å². The van der Waals surface area contributed by atoms with Gasteiger partial charge < -0.3 is 20.9 Å². The maximum Gasteiger partial charge on any atom is 0.340 e. The van der Waals surface area contributed by atoms with Crippen LogP contribution in [0.2, 0.25) is 0 Å². The van der Waals surface area contributed by atoms with E-state index in [2.05, 4.69) is 21.9 Å². The van der Waals surface area contributed by atoms with Crippen LogP contribution in [0.25, 0.3) is 0 Å². The number of carbonyl (C=O) groups is 2. The molecule has 1 aromatic rings. The highest BCUT2D eigenvalue weighted by Gasteiger charge is 2.48. The minimum Gasteiger partial charge on any atom is -0.479 e. The summed E-state index contributed by atoms with van der Waals surface area (Å²) in [5, 5.41) is 11.8. The van der Waals surface area contributed by atoms with Crippen LogP contribution in [0.3, 0.4) is 0 Å². The highest BCUT2D eigenvalue weighted by atomic mass is 32.2. The lowest BCUT2D eigenvalue weighted by atomic mass is 10.2. The number of hydrogen-bond donors (Lipinski definition) is 3. The van der Waals surface area contributed by atoms with Crippen LogP contribution < -0.4 is 11.1 Å². The fraction of sp³-hybridized carbons (Fsp3) is 0.333. The van der Waals surface area contributed by atoms with Crippen LogP contribution in [0.15, 0.2) is 29.2 Å². The van der Waals surface area contributed by atoms with Crippen LogP contribution in [-0.4, -0.2) is 44.0 Å². The molecule has 0 aliphatic carbocycles. The minimum absolute atomic E-state index is 0.0289. The predicted octanol–water partition coefficient (Wildman–Crippen LogP) is 0.198. The third kappa shape index (κ3) is 4.32. The van der Waals surface area contributed by atoms with E-state index < -0.39 is 27.1 Å². The molecule has 0 bridgehead atoms. The number of nitrogens with one attached hydrogen (secondary N) is 1. The number of rotatable bonds is 6. The molecule has 130 valence electrons. The maximum atomic E-state index is 12.6. The second kappa shape index (κ2) is 7.92. The fourth-order valence-electron chi connectivity index (χ4n) is 1.73. The number of anilines is 1. The van der Waals surface area contributed by atoms with Crippen molar-refractivity contribution in [1.29, 1.82) is 0 Å². The van der Waals surface area contributed by atoms with E-state index in [4.69, 9.17) is 5.73 Å². The summed E-state index contributed by atoms with van der Waals surface area (Å²) in [6.07, 6.45) is -0.596. The number of ether oxygens (including phenoxy) is 1. The lowest BCUT2D eigenvalue weighted by Crippen LogP contribution is -2.54. The molecule has 0 aliphatic heterocycles. The van der Waals surface area contributed by atoms with Gasteiger partial charge in [0.15, 0.2) is 0 Å². The highest BCUT2D eigenvalue weighted by Crippen LogP contribution is 2.26. The van der Waals surface area contributed by atoms with Gasteiger partial charge in [0.25, 0.3) is 0 Å². The van der Waals surface area contributed by atoms with E-state index in [1.54, 1.807) is 0 Å². The Morgan fingerprint density at radius 1 is 1.29 bits per heavy atom. The van der Waals surface area contributed by atoms with Crippen molar-refractivity contribution >= 4 is 27.4 Å². The number of methoxy groups -OCH3 is 1. The van der Waals surface area contributed by atoms with Gasteiger partial charge in [-0.15, -0.1) is 0 Å². The molecule has 1 unspecified atom stereocenters. The average molecular weight is 354 g/mol. The van der Waals surface area contributed by atoms with Gasteiger partial charge in [0.1, 0.15) is 6.61 Å². The Bertz CT molecular complexity index is 776. The Hall–Kier alpha value is -2.41. The largest absolute Gasteiger partial charge is 0.479 e. The Labute approximate surface area is 139 Å². The molecular weight excluding hydrogens is 336 g/mol. The van der Waals surface area contributed by atoms with Gasteiger partial charge in [-0.1, -0.05) is 11.8 Å². The molecule has 24 heavy (non-hydrogen) atoms. The predicted molar refractivity (Wildman–Crippen MR) is 86.8 cm³/mol. The molecule has 9 heteroatoms. The maximum absolute atomic E-state index is 12.6. The molecule has 0 radical (unpaired) electrons. The Kier molecular flexibility index (Phi) is 6.48. The SMILES string of the molecule is COCC#CCC(N)(C(=O)O)S(=O)(=O)c1ccc(NC(C)=O)cc1. The molecule has 0 heterocycles. The minimum atomic E-state index is -4.41. The van der Waals surface area contributed by atoms with E-state index in [0.717, 1.165) is 0 Å². The molecule has 1 atom stereocenters. The normalized spacial score (nSPS) is 13.3. The number of amides is 1. The lowest BCUT2D eigenvalue weighted by Gasteiger charge is -2.22. The van der Waals surface area contributed by atoms with E-state index in [-0.39, 0.29) is 17.4 Å². The van der Waals surface area contributed by atoms with Crippen molar-refractivity contribution in [3.8, 4) is 11.8 Å². The van der Waals surface area contributed by atoms with Gasteiger partial charge in [0.05, 0.1) is 11.3 Å². The quantitative estimate of drug-likeness (QED) is 0.621.